The Bertz CT molecular complexity index is 976. The van der Waals surface area contributed by atoms with Crippen LogP contribution in [-0.2, 0) is 63.1 Å². The zero-order chi connectivity index (χ0) is 22.1. The Balaban J connectivity index is -0.000000980. The molecule has 0 spiro atoms. The minimum atomic E-state index is -5.92. The molecule has 1 unspecified atom stereocenters. The van der Waals surface area contributed by atoms with E-state index in [2.05, 4.69) is 21.5 Å². The van der Waals surface area contributed by atoms with Gasteiger partial charge in [-0.1, -0.05) is 0 Å². The maximum atomic E-state index is 10.8. The molecule has 0 aromatic rings. The van der Waals surface area contributed by atoms with Gasteiger partial charge in [0, 0.05) is 0 Å². The average molecular weight is 588 g/mol. The molecule has 1 aliphatic rings. The van der Waals surface area contributed by atoms with Crippen LogP contribution in [0.15, 0.2) is 0 Å². The van der Waals surface area contributed by atoms with E-state index in [1.807, 2.05) is 0 Å². The van der Waals surface area contributed by atoms with Gasteiger partial charge >= 0.3 is 118 Å². The Morgan fingerprint density at radius 3 is 1.22 bits per heavy atom. The van der Waals surface area contributed by atoms with Crippen molar-refractivity contribution in [3.05, 3.63) is 0 Å². The Labute approximate surface area is 271 Å². The number of rotatable bonds is 9. The van der Waals surface area contributed by atoms with E-state index in [9.17, 15) is 51.9 Å². The van der Waals surface area contributed by atoms with Crippen molar-refractivity contribution in [3.8, 4) is 0 Å². The summed E-state index contributed by atoms with van der Waals surface area (Å²) in [5, 5.41) is 9.12. The smallest absolute Gasteiger partial charge is 0.726 e. The minimum Gasteiger partial charge on any atom is -0.726 e. The monoisotopic (exact) mass is 588 g/mol. The first-order chi connectivity index (χ1) is 12.3. The molecule has 1 fully saturated rings. The summed E-state index contributed by atoms with van der Waals surface area (Å²) in [4.78, 5) is 0. The van der Waals surface area contributed by atoms with Gasteiger partial charge in [-0.2, -0.15) is 0 Å². The van der Waals surface area contributed by atoms with Crippen molar-refractivity contribution < 1.29 is 197 Å². The summed E-state index contributed by atoms with van der Waals surface area (Å²) in [5.41, 5.74) is 0. The molecule has 1 heterocycles. The summed E-state index contributed by atoms with van der Waals surface area (Å²) < 4.78 is 149. The van der Waals surface area contributed by atoms with Gasteiger partial charge in [-0.15, -0.1) is 0 Å². The number of ether oxygens (including phenoxy) is 1. The van der Waals surface area contributed by atoms with E-state index >= 15 is 0 Å². The standard InChI is InChI=1S/C6H12O18S4.4Na/c7-1-2-3(21-25(8,9)10)4(22-26(11,12)13)5(23-27(14,15)16)6(20-2)24-28(17,18)19;;;;/h2-7H,1H2,(H,8,9,10)(H,11,12,13)(H,14,15,16)(H,17,18,19);;;;/q;4*+1/p-4/t2-,3-,4+,5-,6?;;;;/m1..../s1. The van der Waals surface area contributed by atoms with E-state index in [1.54, 1.807) is 0 Å². The van der Waals surface area contributed by atoms with Gasteiger partial charge in [0.05, 0.1) is 6.61 Å². The SMILES string of the molecule is O=S(=O)([O-])OC1O[C@H](CO)[C@@H](OS(=O)(=O)[O-])[C@H](OS(=O)(=O)[O-])[C@H]1OS(=O)(=O)[O-].[Na+].[Na+].[Na+].[Na+]. The Morgan fingerprint density at radius 2 is 0.906 bits per heavy atom. The fourth-order valence-electron chi connectivity index (χ4n) is 1.96. The van der Waals surface area contributed by atoms with Crippen LogP contribution in [0.2, 0.25) is 0 Å². The van der Waals surface area contributed by atoms with Gasteiger partial charge in [0.15, 0.2) is 6.10 Å². The maximum absolute atomic E-state index is 10.8. The molecule has 1 N–H and O–H groups in total. The summed E-state index contributed by atoms with van der Waals surface area (Å²) in [6.07, 6.45) is -13.7. The molecular formula is C6H8Na4O18S4. The molecule has 0 aromatic carbocycles. The third kappa shape index (κ3) is 17.0. The van der Waals surface area contributed by atoms with Crippen molar-refractivity contribution in [1.29, 1.82) is 0 Å². The average Bonchev–Trinajstić information content (AvgIpc) is 2.39. The molecule has 1 saturated heterocycles. The van der Waals surface area contributed by atoms with Crippen LogP contribution in [0.1, 0.15) is 0 Å². The second-order valence-corrected chi connectivity index (χ2v) is 8.67. The van der Waals surface area contributed by atoms with Crippen LogP contribution < -0.4 is 118 Å². The Morgan fingerprint density at radius 1 is 0.594 bits per heavy atom. The van der Waals surface area contributed by atoms with E-state index in [0.29, 0.717) is 0 Å². The largest absolute Gasteiger partial charge is 1.00 e. The van der Waals surface area contributed by atoms with Gasteiger partial charge < -0.3 is 28.1 Å². The maximum Gasteiger partial charge on any atom is 1.00 e. The number of aliphatic hydroxyl groups excluding tert-OH is 1. The molecule has 0 amide bonds. The molecule has 0 aliphatic carbocycles. The normalized spacial score (nSPS) is 26.5. The van der Waals surface area contributed by atoms with E-state index in [1.165, 1.54) is 0 Å². The summed E-state index contributed by atoms with van der Waals surface area (Å²) in [7, 11) is -23.4. The quantitative estimate of drug-likeness (QED) is 0.148. The van der Waals surface area contributed by atoms with Crippen LogP contribution in [0.25, 0.3) is 0 Å². The van der Waals surface area contributed by atoms with Crippen LogP contribution >= 0.6 is 0 Å². The van der Waals surface area contributed by atoms with Gasteiger partial charge in [0.2, 0.25) is 47.9 Å². The number of hydrogen-bond acceptors (Lipinski definition) is 18. The molecule has 168 valence electrons. The van der Waals surface area contributed by atoms with Crippen molar-refractivity contribution in [2.45, 2.75) is 30.7 Å². The van der Waals surface area contributed by atoms with E-state index in [4.69, 9.17) is 5.11 Å². The molecule has 18 nitrogen and oxygen atoms in total. The molecular weight excluding hydrogens is 580 g/mol. The summed E-state index contributed by atoms with van der Waals surface area (Å²) in [5.74, 6) is 0. The molecule has 0 aromatic heterocycles. The van der Waals surface area contributed by atoms with E-state index < -0.39 is 78.9 Å². The van der Waals surface area contributed by atoms with Crippen LogP contribution in [0, 0.1) is 0 Å². The summed E-state index contributed by atoms with van der Waals surface area (Å²) >= 11 is 0. The van der Waals surface area contributed by atoms with Crippen molar-refractivity contribution >= 4 is 41.6 Å². The van der Waals surface area contributed by atoms with Crippen molar-refractivity contribution in [2.24, 2.45) is 0 Å². The summed E-state index contributed by atoms with van der Waals surface area (Å²) in [6, 6.07) is 0. The van der Waals surface area contributed by atoms with Gasteiger partial charge in [-0.25, -0.2) is 37.9 Å². The number of aliphatic hydroxyl groups is 1. The second-order valence-electron chi connectivity index (χ2n) is 4.64. The molecule has 26 heteroatoms. The molecule has 1 rings (SSSR count). The zero-order valence-corrected chi connectivity index (χ0v) is 27.9. The van der Waals surface area contributed by atoms with Crippen LogP contribution in [0.5, 0.6) is 0 Å². The molecule has 1 aliphatic heterocycles. The first-order valence-corrected chi connectivity index (χ1v) is 11.5. The van der Waals surface area contributed by atoms with Gasteiger partial charge in [-0.3, -0.25) is 12.5 Å². The van der Waals surface area contributed by atoms with Gasteiger partial charge in [-0.05, 0) is 0 Å². The van der Waals surface area contributed by atoms with E-state index in [0.717, 1.165) is 0 Å². The molecule has 0 radical (unpaired) electrons. The van der Waals surface area contributed by atoms with Gasteiger partial charge in [0.1, 0.15) is 18.3 Å². The Kier molecular flexibility index (Phi) is 21.8. The fourth-order valence-corrected chi connectivity index (χ4v) is 3.81. The fraction of sp³-hybridized carbons (Fsp3) is 1.00. The first-order valence-electron chi connectivity index (χ1n) is 6.14. The topological polar surface area (TPSA) is 295 Å². The minimum absolute atomic E-state index is 0. The second kappa shape index (κ2) is 16.4. The molecule has 5 atom stereocenters. The van der Waals surface area contributed by atoms with Crippen molar-refractivity contribution in [3.63, 3.8) is 0 Å². The van der Waals surface area contributed by atoms with Crippen LogP contribution in [0.3, 0.4) is 0 Å². The molecule has 32 heavy (non-hydrogen) atoms. The third-order valence-electron chi connectivity index (χ3n) is 2.67. The van der Waals surface area contributed by atoms with Crippen molar-refractivity contribution in [1.82, 2.24) is 0 Å². The number of hydrogen-bond donors (Lipinski definition) is 1. The van der Waals surface area contributed by atoms with E-state index in [-0.39, 0.29) is 118 Å². The Hall–Kier alpha value is 3.40. The zero-order valence-electron chi connectivity index (χ0n) is 16.6. The van der Waals surface area contributed by atoms with Crippen molar-refractivity contribution in [2.75, 3.05) is 6.61 Å². The predicted molar refractivity (Wildman–Crippen MR) is 70.2 cm³/mol. The van der Waals surface area contributed by atoms with Crippen LogP contribution in [-0.4, -0.2) is 94.3 Å². The molecule has 0 bridgehead atoms. The van der Waals surface area contributed by atoms with Crippen LogP contribution in [0.4, 0.5) is 0 Å². The van der Waals surface area contributed by atoms with Gasteiger partial charge in [0.25, 0.3) is 0 Å². The third-order valence-corrected chi connectivity index (χ3v) is 4.47. The first kappa shape index (κ1) is 42.5. The molecule has 0 saturated carbocycles. The predicted octanol–water partition coefficient (Wildman–Crippen LogP) is -17.3. The summed E-state index contributed by atoms with van der Waals surface area (Å²) in [6.45, 7) is -1.42.